The van der Waals surface area contributed by atoms with Gasteiger partial charge in [-0.2, -0.15) is 0 Å². The third kappa shape index (κ3) is 3.37. The van der Waals surface area contributed by atoms with Crippen LogP contribution in [-0.2, 0) is 4.79 Å². The molecule has 0 atom stereocenters. The largest absolute Gasteiger partial charge is 0.480 e. The van der Waals surface area contributed by atoms with Gasteiger partial charge in [0.1, 0.15) is 5.54 Å². The van der Waals surface area contributed by atoms with Crippen LogP contribution in [-0.4, -0.2) is 53.7 Å². The number of carbonyl (C=O) groups is 2. The van der Waals surface area contributed by atoms with Crippen LogP contribution in [0.2, 0.25) is 0 Å². The molecule has 0 radical (unpaired) electrons. The molecular weight excluding hydrogens is 210 g/mol. The first-order valence-corrected chi connectivity index (χ1v) is 5.45. The van der Waals surface area contributed by atoms with Crippen LogP contribution < -0.4 is 10.6 Å². The molecule has 1 aliphatic rings. The highest BCUT2D eigenvalue weighted by atomic mass is 16.4. The molecule has 0 unspecified atom stereocenters. The Hall–Kier alpha value is -1.30. The first-order chi connectivity index (χ1) is 7.43. The number of rotatable bonds is 2. The number of carboxylic acid groups (broad SMARTS) is 1. The van der Waals surface area contributed by atoms with E-state index in [1.54, 1.807) is 4.90 Å². The molecule has 1 saturated heterocycles. The van der Waals surface area contributed by atoms with Crippen molar-refractivity contribution in [2.45, 2.75) is 25.8 Å². The molecule has 1 heterocycles. The predicted molar refractivity (Wildman–Crippen MR) is 59.3 cm³/mol. The number of hydrogen-bond donors (Lipinski definition) is 3. The minimum Gasteiger partial charge on any atom is -0.480 e. The topological polar surface area (TPSA) is 81.7 Å². The van der Waals surface area contributed by atoms with Crippen LogP contribution in [0.3, 0.4) is 0 Å². The molecule has 16 heavy (non-hydrogen) atoms. The molecule has 1 aliphatic heterocycles. The maximum Gasteiger partial charge on any atom is 0.328 e. The summed E-state index contributed by atoms with van der Waals surface area (Å²) in [5.41, 5.74) is -1.23. The summed E-state index contributed by atoms with van der Waals surface area (Å²) in [6.07, 6.45) is 0.890. The van der Waals surface area contributed by atoms with Crippen molar-refractivity contribution in [3.8, 4) is 0 Å². The first-order valence-electron chi connectivity index (χ1n) is 5.45. The lowest BCUT2D eigenvalue weighted by Crippen LogP contribution is -2.54. The highest BCUT2D eigenvalue weighted by Gasteiger charge is 2.30. The van der Waals surface area contributed by atoms with E-state index in [4.69, 9.17) is 5.11 Å². The van der Waals surface area contributed by atoms with Gasteiger partial charge in [-0.3, -0.25) is 0 Å². The van der Waals surface area contributed by atoms with Gasteiger partial charge in [-0.05, 0) is 26.8 Å². The van der Waals surface area contributed by atoms with E-state index in [1.807, 2.05) is 0 Å². The molecule has 0 spiro atoms. The van der Waals surface area contributed by atoms with E-state index in [1.165, 1.54) is 13.8 Å². The van der Waals surface area contributed by atoms with Crippen molar-refractivity contribution in [3.05, 3.63) is 0 Å². The molecule has 0 aliphatic carbocycles. The fourth-order valence-corrected chi connectivity index (χ4v) is 1.45. The summed E-state index contributed by atoms with van der Waals surface area (Å²) in [7, 11) is 0. The number of hydrogen-bond acceptors (Lipinski definition) is 3. The van der Waals surface area contributed by atoms with Crippen LogP contribution in [0.1, 0.15) is 20.3 Å². The van der Waals surface area contributed by atoms with Gasteiger partial charge in [-0.25, -0.2) is 9.59 Å². The zero-order valence-corrected chi connectivity index (χ0v) is 9.75. The summed E-state index contributed by atoms with van der Waals surface area (Å²) in [6, 6.07) is -0.309. The maximum atomic E-state index is 11.8. The number of aliphatic carboxylic acids is 1. The number of nitrogens with one attached hydrogen (secondary N) is 2. The van der Waals surface area contributed by atoms with E-state index in [-0.39, 0.29) is 6.03 Å². The lowest BCUT2D eigenvalue weighted by atomic mass is 10.1. The highest BCUT2D eigenvalue weighted by molar-refractivity contribution is 5.85. The van der Waals surface area contributed by atoms with Gasteiger partial charge in [0.05, 0.1) is 0 Å². The van der Waals surface area contributed by atoms with Crippen LogP contribution in [0.4, 0.5) is 4.79 Å². The first kappa shape index (κ1) is 12.8. The lowest BCUT2D eigenvalue weighted by Gasteiger charge is -2.27. The number of amides is 2. The fraction of sp³-hybridized carbons (Fsp3) is 0.800. The smallest absolute Gasteiger partial charge is 0.328 e. The SMILES string of the molecule is CC(C)(NC(=O)N1CCCNCC1)C(=O)O. The Morgan fingerprint density at radius 1 is 1.31 bits per heavy atom. The van der Waals surface area contributed by atoms with Gasteiger partial charge in [0.15, 0.2) is 0 Å². The van der Waals surface area contributed by atoms with Crippen LogP contribution >= 0.6 is 0 Å². The Morgan fingerprint density at radius 3 is 2.62 bits per heavy atom. The van der Waals surface area contributed by atoms with E-state index < -0.39 is 11.5 Å². The Bertz CT molecular complexity index is 270. The maximum absolute atomic E-state index is 11.8. The van der Waals surface area contributed by atoms with Crippen molar-refractivity contribution in [1.29, 1.82) is 0 Å². The number of carboxylic acids is 1. The van der Waals surface area contributed by atoms with Crippen molar-refractivity contribution in [1.82, 2.24) is 15.5 Å². The number of nitrogens with zero attached hydrogens (tertiary/aromatic N) is 1. The molecule has 0 aromatic carbocycles. The second-order valence-electron chi connectivity index (χ2n) is 4.45. The minimum atomic E-state index is -1.23. The average Bonchev–Trinajstić information content (AvgIpc) is 2.44. The molecule has 2 amide bonds. The molecule has 3 N–H and O–H groups in total. The van der Waals surface area contributed by atoms with Crippen LogP contribution in [0.25, 0.3) is 0 Å². The summed E-state index contributed by atoms with van der Waals surface area (Å²) in [5.74, 6) is -1.03. The van der Waals surface area contributed by atoms with Gasteiger partial charge in [0.25, 0.3) is 0 Å². The highest BCUT2D eigenvalue weighted by Crippen LogP contribution is 2.04. The molecule has 0 aromatic heterocycles. The zero-order chi connectivity index (χ0) is 12.2. The zero-order valence-electron chi connectivity index (χ0n) is 9.75. The monoisotopic (exact) mass is 229 g/mol. The summed E-state index contributed by atoms with van der Waals surface area (Å²) < 4.78 is 0. The molecule has 1 fully saturated rings. The van der Waals surface area contributed by atoms with Crippen molar-refractivity contribution in [2.24, 2.45) is 0 Å². The average molecular weight is 229 g/mol. The second kappa shape index (κ2) is 5.16. The van der Waals surface area contributed by atoms with Crippen molar-refractivity contribution >= 4 is 12.0 Å². The predicted octanol–water partition coefficient (Wildman–Crippen LogP) is -0.145. The summed E-state index contributed by atoms with van der Waals surface area (Å²) in [5, 5.41) is 14.6. The third-order valence-electron chi connectivity index (χ3n) is 2.58. The van der Waals surface area contributed by atoms with Gasteiger partial charge in [0.2, 0.25) is 0 Å². The van der Waals surface area contributed by atoms with E-state index in [0.717, 1.165) is 19.5 Å². The van der Waals surface area contributed by atoms with Crippen molar-refractivity contribution in [2.75, 3.05) is 26.2 Å². The van der Waals surface area contributed by atoms with E-state index in [0.29, 0.717) is 13.1 Å². The van der Waals surface area contributed by atoms with Crippen LogP contribution in [0.5, 0.6) is 0 Å². The molecule has 6 heteroatoms. The standard InChI is InChI=1S/C10H19N3O3/c1-10(2,8(14)15)12-9(16)13-6-3-4-11-5-7-13/h11H,3-7H2,1-2H3,(H,12,16)(H,14,15). The normalized spacial score (nSPS) is 17.8. The minimum absolute atomic E-state index is 0.309. The summed E-state index contributed by atoms with van der Waals surface area (Å²) in [6.45, 7) is 5.87. The number of carbonyl (C=O) groups excluding carboxylic acids is 1. The van der Waals surface area contributed by atoms with E-state index in [2.05, 4.69) is 10.6 Å². The Balaban J connectivity index is 2.53. The molecular formula is C10H19N3O3. The van der Waals surface area contributed by atoms with E-state index in [9.17, 15) is 9.59 Å². The molecule has 6 nitrogen and oxygen atoms in total. The van der Waals surface area contributed by atoms with Gasteiger partial charge in [0, 0.05) is 19.6 Å². The van der Waals surface area contributed by atoms with Crippen LogP contribution in [0.15, 0.2) is 0 Å². The Morgan fingerprint density at radius 2 is 2.00 bits per heavy atom. The molecule has 92 valence electrons. The Kier molecular flexibility index (Phi) is 4.12. The molecule has 0 aromatic rings. The second-order valence-corrected chi connectivity index (χ2v) is 4.45. The van der Waals surface area contributed by atoms with Gasteiger partial charge >= 0.3 is 12.0 Å². The van der Waals surface area contributed by atoms with Gasteiger partial charge in [-0.15, -0.1) is 0 Å². The molecule has 0 bridgehead atoms. The van der Waals surface area contributed by atoms with E-state index >= 15 is 0 Å². The van der Waals surface area contributed by atoms with Crippen LogP contribution in [0, 0.1) is 0 Å². The number of urea groups is 1. The third-order valence-corrected chi connectivity index (χ3v) is 2.58. The van der Waals surface area contributed by atoms with Crippen molar-refractivity contribution < 1.29 is 14.7 Å². The van der Waals surface area contributed by atoms with Gasteiger partial charge in [-0.1, -0.05) is 0 Å². The van der Waals surface area contributed by atoms with Gasteiger partial charge < -0.3 is 20.6 Å². The lowest BCUT2D eigenvalue weighted by molar-refractivity contribution is -0.143. The summed E-state index contributed by atoms with van der Waals surface area (Å²) >= 11 is 0. The summed E-state index contributed by atoms with van der Waals surface area (Å²) in [4.78, 5) is 24.3. The quantitative estimate of drug-likeness (QED) is 0.615. The molecule has 1 rings (SSSR count). The fourth-order valence-electron chi connectivity index (χ4n) is 1.45. The Labute approximate surface area is 95.0 Å². The van der Waals surface area contributed by atoms with Crippen molar-refractivity contribution in [3.63, 3.8) is 0 Å². The molecule has 0 saturated carbocycles.